The molecule has 0 saturated carbocycles. The van der Waals surface area contributed by atoms with Crippen LogP contribution in [0.5, 0.6) is 0 Å². The van der Waals surface area contributed by atoms with Crippen LogP contribution in [-0.4, -0.2) is 72.3 Å². The van der Waals surface area contributed by atoms with E-state index in [1.807, 2.05) is 4.90 Å². The van der Waals surface area contributed by atoms with E-state index in [0.29, 0.717) is 52.7 Å². The number of carbonyl (C=O) groups excluding carboxylic acids is 2. The Labute approximate surface area is 177 Å². The summed E-state index contributed by atoms with van der Waals surface area (Å²) in [5, 5.41) is 4.05. The number of nitrogens with zero attached hydrogens (tertiary/aromatic N) is 4. The van der Waals surface area contributed by atoms with Crippen LogP contribution >= 0.6 is 23.6 Å². The zero-order chi connectivity index (χ0) is 21.0. The third-order valence-corrected chi connectivity index (χ3v) is 6.08. The maximum absolute atomic E-state index is 12.3. The number of hydrogen-bond acceptors (Lipinski definition) is 9. The zero-order valence-corrected chi connectivity index (χ0v) is 17.9. The molecule has 9 nitrogen and oxygen atoms in total. The number of piperazine rings is 1. The van der Waals surface area contributed by atoms with Crippen LogP contribution in [0.4, 0.5) is 10.9 Å². The highest BCUT2D eigenvalue weighted by Gasteiger charge is 2.28. The van der Waals surface area contributed by atoms with E-state index in [-0.39, 0.29) is 5.56 Å². The number of carbonyl (C=O) groups is 2. The van der Waals surface area contributed by atoms with Gasteiger partial charge in [0.2, 0.25) is 5.95 Å². The summed E-state index contributed by atoms with van der Waals surface area (Å²) in [6.45, 7) is 4.46. The topological polar surface area (TPSA) is 96.9 Å². The van der Waals surface area contributed by atoms with Crippen LogP contribution in [0.2, 0.25) is 0 Å². The largest absolute Gasteiger partial charge is 0.465 e. The molecule has 0 unspecified atom stereocenters. The second kappa shape index (κ2) is 9.14. The molecule has 0 spiro atoms. The van der Waals surface area contributed by atoms with Crippen molar-refractivity contribution in [2.45, 2.75) is 6.92 Å². The van der Waals surface area contributed by atoms with Gasteiger partial charge in [-0.3, -0.25) is 0 Å². The molecule has 1 aliphatic rings. The van der Waals surface area contributed by atoms with Gasteiger partial charge < -0.3 is 24.6 Å². The summed E-state index contributed by atoms with van der Waals surface area (Å²) in [5.41, 5.74) is 0.793. The quantitative estimate of drug-likeness (QED) is 0.567. The first-order valence-corrected chi connectivity index (χ1v) is 10.1. The number of nitrogens with one attached hydrogen (secondary N) is 1. The highest BCUT2D eigenvalue weighted by atomic mass is 32.1. The Kier molecular flexibility index (Phi) is 6.60. The van der Waals surface area contributed by atoms with Gasteiger partial charge in [0.15, 0.2) is 5.11 Å². The minimum atomic E-state index is -0.537. The maximum atomic E-state index is 12.3. The van der Waals surface area contributed by atoms with Gasteiger partial charge in [0.05, 0.1) is 19.8 Å². The fourth-order valence-corrected chi connectivity index (χ4v) is 4.44. The van der Waals surface area contributed by atoms with Crippen molar-refractivity contribution in [3.05, 3.63) is 34.5 Å². The second-order valence-electron chi connectivity index (χ2n) is 6.20. The predicted octanol–water partition coefficient (Wildman–Crippen LogP) is 1.94. The number of thiophene rings is 1. The second-order valence-corrected chi connectivity index (χ2v) is 7.60. The molecule has 3 heterocycles. The SMILES string of the molecule is COC(=O)c1sc(NC(=S)N2CCN(c3ncccn3)CC2)c(C(=O)OC)c1C. The highest BCUT2D eigenvalue weighted by molar-refractivity contribution is 7.80. The van der Waals surface area contributed by atoms with E-state index >= 15 is 0 Å². The number of hydrogen-bond donors (Lipinski definition) is 1. The van der Waals surface area contributed by atoms with Crippen LogP contribution < -0.4 is 10.2 Å². The van der Waals surface area contributed by atoms with Crippen LogP contribution in [0.1, 0.15) is 25.6 Å². The Morgan fingerprint density at radius 1 is 1.10 bits per heavy atom. The molecule has 2 aromatic heterocycles. The van der Waals surface area contributed by atoms with Crippen LogP contribution in [0.25, 0.3) is 0 Å². The van der Waals surface area contributed by atoms with E-state index in [9.17, 15) is 9.59 Å². The van der Waals surface area contributed by atoms with Crippen molar-refractivity contribution in [1.82, 2.24) is 14.9 Å². The molecule has 3 rings (SSSR count). The summed E-state index contributed by atoms with van der Waals surface area (Å²) in [6.07, 6.45) is 3.43. The highest BCUT2D eigenvalue weighted by Crippen LogP contribution is 2.34. The third kappa shape index (κ3) is 4.46. The molecule has 0 radical (unpaired) electrons. The fourth-order valence-electron chi connectivity index (χ4n) is 2.98. The smallest absolute Gasteiger partial charge is 0.348 e. The molecular weight excluding hydrogens is 414 g/mol. The first kappa shape index (κ1) is 20.9. The predicted molar refractivity (Wildman–Crippen MR) is 114 cm³/mol. The summed E-state index contributed by atoms with van der Waals surface area (Å²) in [6, 6.07) is 1.78. The summed E-state index contributed by atoms with van der Waals surface area (Å²) in [7, 11) is 2.59. The molecule has 1 saturated heterocycles. The van der Waals surface area contributed by atoms with Crippen LogP contribution in [0.3, 0.4) is 0 Å². The number of thiocarbonyl (C=S) groups is 1. The number of esters is 2. The lowest BCUT2D eigenvalue weighted by Gasteiger charge is -2.36. The average molecular weight is 436 g/mol. The van der Waals surface area contributed by atoms with Crippen molar-refractivity contribution < 1.29 is 19.1 Å². The van der Waals surface area contributed by atoms with Gasteiger partial charge >= 0.3 is 11.9 Å². The van der Waals surface area contributed by atoms with E-state index in [4.69, 9.17) is 21.7 Å². The van der Waals surface area contributed by atoms with Crippen molar-refractivity contribution in [3.8, 4) is 0 Å². The van der Waals surface area contributed by atoms with Crippen molar-refractivity contribution in [2.24, 2.45) is 0 Å². The summed E-state index contributed by atoms with van der Waals surface area (Å²) in [4.78, 5) is 37.2. The Bertz CT molecular complexity index is 910. The summed E-state index contributed by atoms with van der Waals surface area (Å²) >= 11 is 6.66. The number of anilines is 2. The van der Waals surface area contributed by atoms with Crippen molar-refractivity contribution in [3.63, 3.8) is 0 Å². The number of aromatic nitrogens is 2. The Morgan fingerprint density at radius 2 is 1.72 bits per heavy atom. The normalized spacial score (nSPS) is 13.8. The molecular formula is C18H21N5O4S2. The molecule has 29 heavy (non-hydrogen) atoms. The Balaban J connectivity index is 1.72. The molecule has 0 aromatic carbocycles. The number of rotatable bonds is 4. The zero-order valence-electron chi connectivity index (χ0n) is 16.3. The lowest BCUT2D eigenvalue weighted by atomic mass is 10.1. The summed E-state index contributed by atoms with van der Waals surface area (Å²) in [5.74, 6) is -0.353. The fraction of sp³-hybridized carbons (Fsp3) is 0.389. The molecule has 2 aromatic rings. The average Bonchev–Trinajstić information content (AvgIpc) is 3.09. The van der Waals surface area contributed by atoms with E-state index in [2.05, 4.69) is 20.2 Å². The van der Waals surface area contributed by atoms with Gasteiger partial charge in [-0.2, -0.15) is 0 Å². The van der Waals surface area contributed by atoms with Gasteiger partial charge in [-0.1, -0.05) is 0 Å². The van der Waals surface area contributed by atoms with Gasteiger partial charge in [-0.05, 0) is 30.8 Å². The van der Waals surface area contributed by atoms with Gasteiger partial charge in [-0.15, -0.1) is 11.3 Å². The van der Waals surface area contributed by atoms with Crippen LogP contribution in [-0.2, 0) is 9.47 Å². The molecule has 0 aliphatic carbocycles. The van der Waals surface area contributed by atoms with E-state index in [0.717, 1.165) is 11.3 Å². The maximum Gasteiger partial charge on any atom is 0.348 e. The monoisotopic (exact) mass is 435 g/mol. The standard InChI is InChI=1S/C18H21N5O4S2/c1-11-12(15(24)26-2)14(29-13(11)16(25)27-3)21-18(28)23-9-7-22(8-10-23)17-19-5-4-6-20-17/h4-6H,7-10H2,1-3H3,(H,21,28). The van der Waals surface area contributed by atoms with Crippen molar-refractivity contribution in [1.29, 1.82) is 0 Å². The van der Waals surface area contributed by atoms with Gasteiger partial charge in [0.1, 0.15) is 9.88 Å². The van der Waals surface area contributed by atoms with Crippen LogP contribution in [0, 0.1) is 6.92 Å². The molecule has 154 valence electrons. The molecule has 1 aliphatic heterocycles. The van der Waals surface area contributed by atoms with Gasteiger partial charge in [0, 0.05) is 38.6 Å². The summed E-state index contributed by atoms with van der Waals surface area (Å²) < 4.78 is 9.68. The number of ether oxygens (including phenoxy) is 2. The minimum Gasteiger partial charge on any atom is -0.465 e. The van der Waals surface area contributed by atoms with Gasteiger partial charge in [0.25, 0.3) is 0 Å². The van der Waals surface area contributed by atoms with Crippen molar-refractivity contribution in [2.75, 3.05) is 50.6 Å². The lowest BCUT2D eigenvalue weighted by Crippen LogP contribution is -2.50. The third-order valence-electron chi connectivity index (χ3n) is 4.53. The number of methoxy groups -OCH3 is 2. The van der Waals surface area contributed by atoms with Crippen molar-refractivity contribution >= 4 is 51.6 Å². The Hall–Kier alpha value is -2.79. The first-order chi connectivity index (χ1) is 14.0. The molecule has 1 N–H and O–H groups in total. The molecule has 0 bridgehead atoms. The Morgan fingerprint density at radius 3 is 2.31 bits per heavy atom. The van der Waals surface area contributed by atoms with Gasteiger partial charge in [-0.25, -0.2) is 19.6 Å². The molecule has 1 fully saturated rings. The van der Waals surface area contributed by atoms with E-state index in [1.54, 1.807) is 25.4 Å². The van der Waals surface area contributed by atoms with Crippen LogP contribution in [0.15, 0.2) is 18.5 Å². The molecule has 11 heteroatoms. The lowest BCUT2D eigenvalue weighted by molar-refractivity contribution is 0.0601. The van der Waals surface area contributed by atoms with E-state index in [1.165, 1.54) is 14.2 Å². The van der Waals surface area contributed by atoms with E-state index < -0.39 is 11.9 Å². The molecule has 0 atom stereocenters. The first-order valence-electron chi connectivity index (χ1n) is 8.84. The molecule has 0 amide bonds. The minimum absolute atomic E-state index is 0.288.